The molecule has 0 radical (unpaired) electrons. The van der Waals surface area contributed by atoms with Crippen molar-refractivity contribution >= 4 is 27.3 Å². The maximum absolute atomic E-state index is 10.5. The van der Waals surface area contributed by atoms with Crippen LogP contribution in [0.3, 0.4) is 0 Å². The van der Waals surface area contributed by atoms with Crippen LogP contribution in [0, 0.1) is 10.1 Å². The van der Waals surface area contributed by atoms with E-state index in [1.54, 1.807) is 6.07 Å². The highest BCUT2D eigenvalue weighted by Gasteiger charge is 2.16. The van der Waals surface area contributed by atoms with Crippen LogP contribution in [-0.2, 0) is 0 Å². The van der Waals surface area contributed by atoms with Crippen LogP contribution in [0.1, 0.15) is 0 Å². The van der Waals surface area contributed by atoms with Crippen LogP contribution < -0.4 is 10.5 Å². The monoisotopic (exact) mass is 246 g/mol. The minimum Gasteiger partial charge on any atom is -0.494 e. The van der Waals surface area contributed by atoms with E-state index in [1.807, 2.05) is 0 Å². The Balaban J connectivity index is 3.35. The summed E-state index contributed by atoms with van der Waals surface area (Å²) in [5.41, 5.74) is 5.35. The Kier molecular flexibility index (Phi) is 2.72. The van der Waals surface area contributed by atoms with Crippen LogP contribution >= 0.6 is 15.9 Å². The molecule has 0 saturated heterocycles. The van der Waals surface area contributed by atoms with Crippen LogP contribution in [0.2, 0.25) is 0 Å². The summed E-state index contributed by atoms with van der Waals surface area (Å²) >= 11 is 3.12. The molecule has 0 aromatic heterocycles. The van der Waals surface area contributed by atoms with Gasteiger partial charge in [-0.05, 0) is 6.07 Å². The lowest BCUT2D eigenvalue weighted by Crippen LogP contribution is -1.98. The van der Waals surface area contributed by atoms with Gasteiger partial charge in [0.25, 0.3) is 5.69 Å². The zero-order valence-electron chi connectivity index (χ0n) is 6.78. The van der Waals surface area contributed by atoms with Crippen LogP contribution in [-0.4, -0.2) is 12.0 Å². The van der Waals surface area contributed by atoms with E-state index in [-0.39, 0.29) is 11.4 Å². The third-order valence-corrected chi connectivity index (χ3v) is 1.96. The minimum absolute atomic E-state index is 0.0377. The molecular formula is C7H7BrN2O3. The van der Waals surface area contributed by atoms with Gasteiger partial charge in [-0.3, -0.25) is 10.1 Å². The standard InChI is InChI=1S/C7H7BrN2O3/c1-13-6-3-4(8)2-5(7(6)9)10(11)12/h2-3H,9H2,1H3. The first-order valence-electron chi connectivity index (χ1n) is 3.33. The molecule has 1 aromatic carbocycles. The average molecular weight is 247 g/mol. The number of nitrogen functional groups attached to an aromatic ring is 1. The smallest absolute Gasteiger partial charge is 0.297 e. The predicted molar refractivity (Wildman–Crippen MR) is 51.8 cm³/mol. The van der Waals surface area contributed by atoms with Gasteiger partial charge < -0.3 is 10.5 Å². The van der Waals surface area contributed by atoms with Crippen molar-refractivity contribution < 1.29 is 9.66 Å². The molecular weight excluding hydrogens is 240 g/mol. The second-order valence-electron chi connectivity index (χ2n) is 2.30. The Morgan fingerprint density at radius 2 is 2.23 bits per heavy atom. The Morgan fingerprint density at radius 3 is 2.69 bits per heavy atom. The number of methoxy groups -OCH3 is 1. The molecule has 6 heteroatoms. The van der Waals surface area contributed by atoms with Gasteiger partial charge >= 0.3 is 0 Å². The Bertz CT molecular complexity index is 354. The largest absolute Gasteiger partial charge is 0.494 e. The Morgan fingerprint density at radius 1 is 1.62 bits per heavy atom. The molecule has 5 nitrogen and oxygen atoms in total. The van der Waals surface area contributed by atoms with Gasteiger partial charge in [0, 0.05) is 10.5 Å². The molecule has 0 fully saturated rings. The van der Waals surface area contributed by atoms with Gasteiger partial charge in [0.1, 0.15) is 5.75 Å². The molecule has 0 amide bonds. The van der Waals surface area contributed by atoms with Gasteiger partial charge in [0.2, 0.25) is 0 Å². The molecule has 2 N–H and O–H groups in total. The van der Waals surface area contributed by atoms with E-state index < -0.39 is 4.92 Å². The van der Waals surface area contributed by atoms with Crippen molar-refractivity contribution in [1.82, 2.24) is 0 Å². The summed E-state index contributed by atoms with van der Waals surface area (Å²) < 4.78 is 5.42. The molecule has 0 unspecified atom stereocenters. The van der Waals surface area contributed by atoms with E-state index in [9.17, 15) is 10.1 Å². The number of nitro groups is 1. The van der Waals surface area contributed by atoms with E-state index in [1.165, 1.54) is 13.2 Å². The van der Waals surface area contributed by atoms with Crippen LogP contribution in [0.15, 0.2) is 16.6 Å². The lowest BCUT2D eigenvalue weighted by Gasteiger charge is -2.04. The topological polar surface area (TPSA) is 78.4 Å². The van der Waals surface area contributed by atoms with Gasteiger partial charge in [0.15, 0.2) is 5.69 Å². The quantitative estimate of drug-likeness (QED) is 0.492. The highest BCUT2D eigenvalue weighted by Crippen LogP contribution is 2.34. The SMILES string of the molecule is COc1cc(Br)cc([N+](=O)[O-])c1N. The predicted octanol–water partition coefficient (Wildman–Crippen LogP) is 1.95. The zero-order valence-corrected chi connectivity index (χ0v) is 8.37. The number of halogens is 1. The normalized spacial score (nSPS) is 9.69. The van der Waals surface area contributed by atoms with Crippen molar-refractivity contribution in [2.24, 2.45) is 0 Å². The van der Waals surface area contributed by atoms with E-state index in [2.05, 4.69) is 15.9 Å². The molecule has 0 atom stereocenters. The number of hydrogen-bond acceptors (Lipinski definition) is 4. The van der Waals surface area contributed by atoms with Gasteiger partial charge in [-0.15, -0.1) is 0 Å². The maximum Gasteiger partial charge on any atom is 0.297 e. The number of ether oxygens (including phenoxy) is 1. The molecule has 1 aromatic rings. The lowest BCUT2D eigenvalue weighted by atomic mass is 10.2. The fourth-order valence-electron chi connectivity index (χ4n) is 0.899. The molecule has 1 rings (SSSR count). The zero-order chi connectivity index (χ0) is 10.0. The molecule has 0 heterocycles. The van der Waals surface area contributed by atoms with E-state index in [0.29, 0.717) is 10.2 Å². The number of benzene rings is 1. The number of nitrogens with two attached hydrogens (primary N) is 1. The van der Waals surface area contributed by atoms with Crippen molar-refractivity contribution in [3.05, 3.63) is 26.7 Å². The highest BCUT2D eigenvalue weighted by molar-refractivity contribution is 9.10. The minimum atomic E-state index is -0.553. The fraction of sp³-hybridized carbons (Fsp3) is 0.143. The molecule has 0 bridgehead atoms. The van der Waals surface area contributed by atoms with Gasteiger partial charge in [0.05, 0.1) is 12.0 Å². The summed E-state index contributed by atoms with van der Waals surface area (Å²) in [6.07, 6.45) is 0. The highest BCUT2D eigenvalue weighted by atomic mass is 79.9. The first-order chi connectivity index (χ1) is 6.06. The van der Waals surface area contributed by atoms with Crippen LogP contribution in [0.25, 0.3) is 0 Å². The molecule has 0 aliphatic heterocycles. The van der Waals surface area contributed by atoms with Crippen molar-refractivity contribution in [1.29, 1.82) is 0 Å². The summed E-state index contributed by atoms with van der Waals surface area (Å²) in [4.78, 5) is 9.94. The first kappa shape index (κ1) is 9.79. The van der Waals surface area contributed by atoms with Gasteiger partial charge in [-0.2, -0.15) is 0 Å². The van der Waals surface area contributed by atoms with Crippen LogP contribution in [0.4, 0.5) is 11.4 Å². The van der Waals surface area contributed by atoms with E-state index in [0.717, 1.165) is 0 Å². The fourth-order valence-corrected chi connectivity index (χ4v) is 1.32. The van der Waals surface area contributed by atoms with Gasteiger partial charge in [-0.1, -0.05) is 15.9 Å². The molecule has 0 saturated carbocycles. The van der Waals surface area contributed by atoms with Crippen LogP contribution in [0.5, 0.6) is 5.75 Å². The first-order valence-corrected chi connectivity index (χ1v) is 4.13. The number of nitrogens with zero attached hydrogens (tertiary/aromatic N) is 1. The van der Waals surface area contributed by atoms with E-state index in [4.69, 9.17) is 10.5 Å². The number of hydrogen-bond donors (Lipinski definition) is 1. The summed E-state index contributed by atoms with van der Waals surface area (Å²) in [5, 5.41) is 10.5. The number of anilines is 1. The summed E-state index contributed by atoms with van der Waals surface area (Å²) in [6.45, 7) is 0. The molecule has 13 heavy (non-hydrogen) atoms. The molecule has 0 aliphatic rings. The number of nitro benzene ring substituents is 1. The Labute approximate surface area is 82.8 Å². The van der Waals surface area contributed by atoms with Crippen molar-refractivity contribution in [2.45, 2.75) is 0 Å². The summed E-state index contributed by atoms with van der Waals surface area (Å²) in [6, 6.07) is 2.90. The van der Waals surface area contributed by atoms with E-state index >= 15 is 0 Å². The lowest BCUT2D eigenvalue weighted by molar-refractivity contribution is -0.384. The van der Waals surface area contributed by atoms with Crippen molar-refractivity contribution in [3.8, 4) is 5.75 Å². The molecule has 70 valence electrons. The Hall–Kier alpha value is -1.30. The second kappa shape index (κ2) is 3.61. The second-order valence-corrected chi connectivity index (χ2v) is 3.21. The molecule has 0 spiro atoms. The molecule has 0 aliphatic carbocycles. The van der Waals surface area contributed by atoms with Gasteiger partial charge in [-0.25, -0.2) is 0 Å². The third-order valence-electron chi connectivity index (χ3n) is 1.50. The number of rotatable bonds is 2. The summed E-state index contributed by atoms with van der Waals surface area (Å²) in [7, 11) is 1.40. The average Bonchev–Trinajstić information content (AvgIpc) is 2.08. The van der Waals surface area contributed by atoms with Crippen molar-refractivity contribution in [2.75, 3.05) is 12.8 Å². The third kappa shape index (κ3) is 1.89. The van der Waals surface area contributed by atoms with Crippen molar-refractivity contribution in [3.63, 3.8) is 0 Å². The maximum atomic E-state index is 10.5. The summed E-state index contributed by atoms with van der Waals surface area (Å²) in [5.74, 6) is 0.293.